The molecule has 0 saturated carbocycles. The third kappa shape index (κ3) is 5.96. The Bertz CT molecular complexity index is 353. The van der Waals surface area contributed by atoms with Crippen LogP contribution in [-0.4, -0.2) is 40.1 Å². The lowest BCUT2D eigenvalue weighted by Crippen LogP contribution is -2.32. The molecule has 0 bridgehead atoms. The quantitative estimate of drug-likeness (QED) is 0.624. The molecule has 7 heteroatoms. The number of hydrogen-bond donors (Lipinski definition) is 3. The number of aromatic amines is 1. The fraction of sp³-hybridized carbons (Fsp3) is 0.500. The summed E-state index contributed by atoms with van der Waals surface area (Å²) in [6.07, 6.45) is 3.51. The summed E-state index contributed by atoms with van der Waals surface area (Å²) in [7, 11) is 0. The van der Waals surface area contributed by atoms with E-state index < -0.39 is 0 Å². The highest BCUT2D eigenvalue weighted by Crippen LogP contribution is 2.01. The first-order valence-electron chi connectivity index (χ1n) is 5.35. The summed E-state index contributed by atoms with van der Waals surface area (Å²) < 4.78 is 0. The van der Waals surface area contributed by atoms with Crippen LogP contribution in [0.3, 0.4) is 0 Å². The van der Waals surface area contributed by atoms with Crippen LogP contribution in [0.1, 0.15) is 13.3 Å². The van der Waals surface area contributed by atoms with Crippen molar-refractivity contribution in [2.75, 3.05) is 23.4 Å². The first-order valence-corrected chi connectivity index (χ1v) is 6.51. The van der Waals surface area contributed by atoms with Crippen LogP contribution in [0.15, 0.2) is 12.4 Å². The number of nitrogens with zero attached hydrogens (tertiary/aromatic N) is 1. The fourth-order valence-electron chi connectivity index (χ4n) is 1.10. The summed E-state index contributed by atoms with van der Waals surface area (Å²) in [5, 5.41) is 11.4. The molecule has 1 rings (SSSR count). The van der Waals surface area contributed by atoms with Gasteiger partial charge in [-0.15, -0.1) is 0 Å². The first kappa shape index (κ1) is 13.6. The number of carbonyl (C=O) groups excluding carboxylic acids is 2. The zero-order chi connectivity index (χ0) is 12.5. The first-order chi connectivity index (χ1) is 8.22. The van der Waals surface area contributed by atoms with Gasteiger partial charge in [-0.1, -0.05) is 6.92 Å². The summed E-state index contributed by atoms with van der Waals surface area (Å²) in [6.45, 7) is 2.03. The lowest BCUT2D eigenvalue weighted by atomic mass is 10.4. The van der Waals surface area contributed by atoms with E-state index in [-0.39, 0.29) is 18.4 Å². The van der Waals surface area contributed by atoms with Crippen molar-refractivity contribution in [3.05, 3.63) is 12.4 Å². The lowest BCUT2D eigenvalue weighted by molar-refractivity contribution is -0.123. The van der Waals surface area contributed by atoms with E-state index in [4.69, 9.17) is 0 Å². The van der Waals surface area contributed by atoms with E-state index in [0.29, 0.717) is 12.1 Å². The molecule has 6 nitrogen and oxygen atoms in total. The second-order valence-corrected chi connectivity index (χ2v) is 4.65. The highest BCUT2D eigenvalue weighted by Gasteiger charge is 2.05. The van der Waals surface area contributed by atoms with Gasteiger partial charge < -0.3 is 10.6 Å². The van der Waals surface area contributed by atoms with Gasteiger partial charge in [-0.25, -0.2) is 0 Å². The molecular formula is C10H16N4O2S. The van der Waals surface area contributed by atoms with Gasteiger partial charge in [-0.2, -0.15) is 16.9 Å². The van der Waals surface area contributed by atoms with E-state index in [1.165, 1.54) is 6.20 Å². The van der Waals surface area contributed by atoms with Crippen molar-refractivity contribution >= 4 is 29.3 Å². The molecule has 0 aromatic carbocycles. The SMILES string of the molecule is CCSCCC(=O)NCC(=O)Nc1cn[nH]c1. The molecule has 17 heavy (non-hydrogen) atoms. The number of amides is 2. The Morgan fingerprint density at radius 2 is 2.29 bits per heavy atom. The van der Waals surface area contributed by atoms with Gasteiger partial charge in [0.1, 0.15) is 0 Å². The highest BCUT2D eigenvalue weighted by atomic mass is 32.2. The van der Waals surface area contributed by atoms with Gasteiger partial charge in [0.2, 0.25) is 11.8 Å². The molecule has 0 aliphatic heterocycles. The van der Waals surface area contributed by atoms with E-state index in [1.807, 2.05) is 6.92 Å². The van der Waals surface area contributed by atoms with Crippen molar-refractivity contribution in [1.29, 1.82) is 0 Å². The van der Waals surface area contributed by atoms with E-state index in [2.05, 4.69) is 20.8 Å². The maximum Gasteiger partial charge on any atom is 0.243 e. The molecule has 0 atom stereocenters. The van der Waals surface area contributed by atoms with Crippen LogP contribution in [-0.2, 0) is 9.59 Å². The second kappa shape index (κ2) is 7.72. The van der Waals surface area contributed by atoms with Crippen molar-refractivity contribution in [3.63, 3.8) is 0 Å². The Hall–Kier alpha value is -1.50. The second-order valence-electron chi connectivity index (χ2n) is 3.26. The molecule has 2 amide bonds. The Labute approximate surface area is 104 Å². The Balaban J connectivity index is 2.13. The van der Waals surface area contributed by atoms with Gasteiger partial charge in [0, 0.05) is 18.4 Å². The van der Waals surface area contributed by atoms with Crippen molar-refractivity contribution in [3.8, 4) is 0 Å². The van der Waals surface area contributed by atoms with Crippen LogP contribution in [0.5, 0.6) is 0 Å². The van der Waals surface area contributed by atoms with Gasteiger partial charge in [-0.05, 0) is 5.75 Å². The molecule has 0 fully saturated rings. The molecule has 3 N–H and O–H groups in total. The molecule has 94 valence electrons. The van der Waals surface area contributed by atoms with E-state index >= 15 is 0 Å². The minimum absolute atomic E-state index is 0.0131. The van der Waals surface area contributed by atoms with E-state index in [1.54, 1.807) is 18.0 Å². The summed E-state index contributed by atoms with van der Waals surface area (Å²) in [5.74, 6) is 1.41. The number of carbonyl (C=O) groups is 2. The molecule has 0 aliphatic rings. The van der Waals surface area contributed by atoms with Gasteiger partial charge in [0.05, 0.1) is 18.4 Å². The average Bonchev–Trinajstić information content (AvgIpc) is 2.79. The van der Waals surface area contributed by atoms with E-state index in [9.17, 15) is 9.59 Å². The third-order valence-corrected chi connectivity index (χ3v) is 2.81. The zero-order valence-corrected chi connectivity index (χ0v) is 10.5. The maximum absolute atomic E-state index is 11.4. The minimum atomic E-state index is -0.261. The normalized spacial score (nSPS) is 9.94. The van der Waals surface area contributed by atoms with Crippen LogP contribution in [0, 0.1) is 0 Å². The number of anilines is 1. The Morgan fingerprint density at radius 1 is 1.47 bits per heavy atom. The van der Waals surface area contributed by atoms with Gasteiger partial charge in [-0.3, -0.25) is 14.7 Å². The van der Waals surface area contributed by atoms with Crippen molar-refractivity contribution in [2.45, 2.75) is 13.3 Å². The molecule has 1 aromatic heterocycles. The molecule has 0 unspecified atom stereocenters. The summed E-state index contributed by atoms with van der Waals surface area (Å²) in [4.78, 5) is 22.7. The number of nitrogens with one attached hydrogen (secondary N) is 3. The minimum Gasteiger partial charge on any atom is -0.347 e. The Morgan fingerprint density at radius 3 is 2.94 bits per heavy atom. The zero-order valence-electron chi connectivity index (χ0n) is 9.66. The number of H-pyrrole nitrogens is 1. The van der Waals surface area contributed by atoms with Gasteiger partial charge >= 0.3 is 0 Å². The number of thioether (sulfide) groups is 1. The molecule has 0 saturated heterocycles. The Kier molecular flexibility index (Phi) is 6.16. The van der Waals surface area contributed by atoms with Crippen molar-refractivity contribution in [2.24, 2.45) is 0 Å². The number of aromatic nitrogens is 2. The maximum atomic E-state index is 11.4. The molecule has 0 spiro atoms. The fourth-order valence-corrected chi connectivity index (χ4v) is 1.72. The van der Waals surface area contributed by atoms with Crippen LogP contribution in [0.2, 0.25) is 0 Å². The standard InChI is InChI=1S/C10H16N4O2S/c1-2-17-4-3-9(15)11-7-10(16)14-8-5-12-13-6-8/h5-6H,2-4,7H2,1H3,(H,11,15)(H,12,13)(H,14,16). The molecular weight excluding hydrogens is 240 g/mol. The largest absolute Gasteiger partial charge is 0.347 e. The van der Waals surface area contributed by atoms with Crippen molar-refractivity contribution < 1.29 is 9.59 Å². The van der Waals surface area contributed by atoms with Crippen LogP contribution in [0.4, 0.5) is 5.69 Å². The monoisotopic (exact) mass is 256 g/mol. The average molecular weight is 256 g/mol. The topological polar surface area (TPSA) is 86.9 Å². The predicted molar refractivity (Wildman–Crippen MR) is 67.8 cm³/mol. The van der Waals surface area contributed by atoms with Gasteiger partial charge in [0.15, 0.2) is 0 Å². The van der Waals surface area contributed by atoms with Crippen LogP contribution >= 0.6 is 11.8 Å². The number of rotatable bonds is 7. The highest BCUT2D eigenvalue weighted by molar-refractivity contribution is 7.99. The smallest absolute Gasteiger partial charge is 0.243 e. The lowest BCUT2D eigenvalue weighted by Gasteiger charge is -2.04. The van der Waals surface area contributed by atoms with E-state index in [0.717, 1.165) is 11.5 Å². The molecule has 0 radical (unpaired) electrons. The van der Waals surface area contributed by atoms with Gasteiger partial charge in [0.25, 0.3) is 0 Å². The van der Waals surface area contributed by atoms with Crippen molar-refractivity contribution in [1.82, 2.24) is 15.5 Å². The predicted octanol–water partition coefficient (Wildman–Crippen LogP) is 0.608. The molecule has 1 heterocycles. The molecule has 1 aromatic rings. The van der Waals surface area contributed by atoms with Crippen LogP contribution in [0.25, 0.3) is 0 Å². The summed E-state index contributed by atoms with van der Waals surface area (Å²) in [6, 6.07) is 0. The summed E-state index contributed by atoms with van der Waals surface area (Å²) >= 11 is 1.70. The number of hydrogen-bond acceptors (Lipinski definition) is 4. The van der Waals surface area contributed by atoms with Crippen LogP contribution < -0.4 is 10.6 Å². The third-order valence-electron chi connectivity index (χ3n) is 1.91. The molecule has 0 aliphatic carbocycles. The summed E-state index contributed by atoms with van der Waals surface area (Å²) in [5.41, 5.74) is 0.589.